The lowest BCUT2D eigenvalue weighted by atomic mass is 10.2. The van der Waals surface area contributed by atoms with Gasteiger partial charge in [-0.05, 0) is 48.9 Å². The van der Waals surface area contributed by atoms with Gasteiger partial charge in [-0.3, -0.25) is 0 Å². The molecule has 0 aliphatic carbocycles. The van der Waals surface area contributed by atoms with Crippen LogP contribution in [-0.2, 0) is 0 Å². The Bertz CT molecular complexity index is 789. The zero-order chi connectivity index (χ0) is 14.1. The van der Waals surface area contributed by atoms with E-state index in [-0.39, 0.29) is 0 Å². The second-order valence-corrected chi connectivity index (χ2v) is 4.90. The first kappa shape index (κ1) is 12.7. The number of halogens is 1. The number of aryl methyl sites for hydroxylation is 1. The van der Waals surface area contributed by atoms with Crippen molar-refractivity contribution in [1.29, 1.82) is 0 Å². The average Bonchev–Trinajstić information content (AvgIpc) is 2.42. The average molecular weight is 286 g/mol. The summed E-state index contributed by atoms with van der Waals surface area (Å²) in [5.74, 6) is 1.18. The van der Waals surface area contributed by atoms with Gasteiger partial charge in [0, 0.05) is 10.7 Å². The smallest absolute Gasteiger partial charge is 0.230 e. The minimum Gasteiger partial charge on any atom is -0.438 e. The van der Waals surface area contributed by atoms with Crippen LogP contribution in [0.15, 0.2) is 42.7 Å². The number of nitrogen functional groups attached to an aromatic ring is 1. The van der Waals surface area contributed by atoms with Crippen molar-refractivity contribution in [2.75, 3.05) is 5.73 Å². The lowest BCUT2D eigenvalue weighted by Gasteiger charge is -2.10. The molecular formula is C15H12ClN3O. The molecule has 0 aliphatic rings. The third kappa shape index (κ3) is 2.38. The predicted octanol–water partition coefficient (Wildman–Crippen LogP) is 3.97. The topological polar surface area (TPSA) is 61.0 Å². The Morgan fingerprint density at radius 2 is 1.95 bits per heavy atom. The number of anilines is 1. The molecule has 0 fully saturated rings. The largest absolute Gasteiger partial charge is 0.438 e. The number of fused-ring (bicyclic) bond motifs is 1. The van der Waals surface area contributed by atoms with Gasteiger partial charge in [-0.2, -0.15) is 0 Å². The number of aromatic nitrogens is 2. The molecule has 0 atom stereocenters. The van der Waals surface area contributed by atoms with Crippen LogP contribution in [0.3, 0.4) is 0 Å². The molecule has 5 heteroatoms. The van der Waals surface area contributed by atoms with Crippen molar-refractivity contribution >= 4 is 28.2 Å². The molecule has 100 valence electrons. The zero-order valence-corrected chi connectivity index (χ0v) is 11.6. The first-order valence-corrected chi connectivity index (χ1v) is 6.45. The molecule has 0 amide bonds. The summed E-state index contributed by atoms with van der Waals surface area (Å²) in [6, 6.07) is 10.9. The summed E-state index contributed by atoms with van der Waals surface area (Å²) >= 11 is 5.94. The second-order valence-electron chi connectivity index (χ2n) is 4.47. The summed E-state index contributed by atoms with van der Waals surface area (Å²) in [6.07, 6.45) is 1.47. The van der Waals surface area contributed by atoms with Crippen LogP contribution in [0, 0.1) is 6.92 Å². The van der Waals surface area contributed by atoms with Crippen LogP contribution in [0.4, 0.5) is 5.69 Å². The van der Waals surface area contributed by atoms with Crippen molar-refractivity contribution in [3.05, 3.63) is 53.3 Å². The Kier molecular flexibility index (Phi) is 3.16. The first-order chi connectivity index (χ1) is 9.63. The molecule has 20 heavy (non-hydrogen) atoms. The fraction of sp³-hybridized carbons (Fsp3) is 0.0667. The maximum Gasteiger partial charge on any atom is 0.230 e. The number of hydrogen-bond acceptors (Lipinski definition) is 4. The summed E-state index contributed by atoms with van der Waals surface area (Å²) in [6.45, 7) is 1.93. The Morgan fingerprint density at radius 3 is 2.75 bits per heavy atom. The maximum atomic E-state index is 5.94. The van der Waals surface area contributed by atoms with E-state index in [2.05, 4.69) is 9.97 Å². The second kappa shape index (κ2) is 4.98. The highest BCUT2D eigenvalue weighted by Crippen LogP contribution is 2.30. The van der Waals surface area contributed by atoms with Gasteiger partial charge in [0.05, 0.1) is 10.9 Å². The molecule has 2 aromatic carbocycles. The molecule has 0 aliphatic heterocycles. The van der Waals surface area contributed by atoms with Crippen molar-refractivity contribution < 1.29 is 4.74 Å². The quantitative estimate of drug-likeness (QED) is 0.724. The molecule has 0 unspecified atom stereocenters. The van der Waals surface area contributed by atoms with E-state index in [1.54, 1.807) is 18.2 Å². The Labute approximate surface area is 121 Å². The Hall–Kier alpha value is -2.33. The third-order valence-electron chi connectivity index (χ3n) is 2.97. The van der Waals surface area contributed by atoms with Gasteiger partial charge in [0.2, 0.25) is 5.88 Å². The summed E-state index contributed by atoms with van der Waals surface area (Å²) in [5, 5.41) is 1.45. The molecule has 1 heterocycles. The SMILES string of the molecule is Cc1cc(Cl)ccc1Oc1ncnc2ccc(N)cc12. The van der Waals surface area contributed by atoms with Gasteiger partial charge in [-0.15, -0.1) is 0 Å². The summed E-state index contributed by atoms with van der Waals surface area (Å²) in [5.41, 5.74) is 8.18. The highest BCUT2D eigenvalue weighted by Gasteiger charge is 2.08. The number of benzene rings is 2. The van der Waals surface area contributed by atoms with E-state index in [4.69, 9.17) is 22.1 Å². The standard InChI is InChI=1S/C15H12ClN3O/c1-9-6-10(16)2-5-14(9)20-15-12-7-11(17)3-4-13(12)18-8-19-15/h2-8H,17H2,1H3. The maximum absolute atomic E-state index is 5.94. The minimum absolute atomic E-state index is 0.479. The van der Waals surface area contributed by atoms with E-state index >= 15 is 0 Å². The van der Waals surface area contributed by atoms with Gasteiger partial charge in [-0.1, -0.05) is 11.6 Å². The van der Waals surface area contributed by atoms with E-state index in [1.165, 1.54) is 6.33 Å². The van der Waals surface area contributed by atoms with E-state index < -0.39 is 0 Å². The van der Waals surface area contributed by atoms with Gasteiger partial charge >= 0.3 is 0 Å². The van der Waals surface area contributed by atoms with Crippen LogP contribution in [0.5, 0.6) is 11.6 Å². The summed E-state index contributed by atoms with van der Waals surface area (Å²) in [7, 11) is 0. The number of ether oxygens (including phenoxy) is 1. The van der Waals surface area contributed by atoms with E-state index in [0.717, 1.165) is 16.5 Å². The van der Waals surface area contributed by atoms with Gasteiger partial charge in [-0.25, -0.2) is 9.97 Å². The molecule has 0 bridgehead atoms. The fourth-order valence-corrected chi connectivity index (χ4v) is 2.19. The van der Waals surface area contributed by atoms with Crippen molar-refractivity contribution in [3.63, 3.8) is 0 Å². The molecule has 0 saturated heterocycles. The Morgan fingerprint density at radius 1 is 1.10 bits per heavy atom. The molecule has 2 N–H and O–H groups in total. The number of hydrogen-bond donors (Lipinski definition) is 1. The van der Waals surface area contributed by atoms with Gasteiger partial charge in [0.1, 0.15) is 12.1 Å². The Balaban J connectivity index is 2.08. The fourth-order valence-electron chi connectivity index (χ4n) is 1.96. The first-order valence-electron chi connectivity index (χ1n) is 6.08. The number of nitrogens with zero attached hydrogens (tertiary/aromatic N) is 2. The van der Waals surface area contributed by atoms with Gasteiger partial charge in [0.25, 0.3) is 0 Å². The molecule has 1 aromatic heterocycles. The van der Waals surface area contributed by atoms with Crippen LogP contribution in [0.25, 0.3) is 10.9 Å². The predicted molar refractivity (Wildman–Crippen MR) is 80.2 cm³/mol. The monoisotopic (exact) mass is 285 g/mol. The summed E-state index contributed by atoms with van der Waals surface area (Å²) in [4.78, 5) is 8.38. The van der Waals surface area contributed by atoms with Crippen LogP contribution >= 0.6 is 11.6 Å². The molecule has 0 saturated carbocycles. The van der Waals surface area contributed by atoms with E-state index in [0.29, 0.717) is 22.3 Å². The summed E-state index contributed by atoms with van der Waals surface area (Å²) < 4.78 is 5.87. The third-order valence-corrected chi connectivity index (χ3v) is 3.20. The van der Waals surface area contributed by atoms with Gasteiger partial charge < -0.3 is 10.5 Å². The molecule has 0 radical (unpaired) electrons. The molecule has 0 spiro atoms. The van der Waals surface area contributed by atoms with Crippen LogP contribution in [0.1, 0.15) is 5.56 Å². The highest BCUT2D eigenvalue weighted by molar-refractivity contribution is 6.30. The highest BCUT2D eigenvalue weighted by atomic mass is 35.5. The van der Waals surface area contributed by atoms with E-state index in [9.17, 15) is 0 Å². The molecule has 3 aromatic rings. The van der Waals surface area contributed by atoms with Crippen molar-refractivity contribution in [2.24, 2.45) is 0 Å². The van der Waals surface area contributed by atoms with Crippen LogP contribution in [-0.4, -0.2) is 9.97 Å². The number of nitrogens with two attached hydrogens (primary N) is 1. The van der Waals surface area contributed by atoms with Crippen molar-refractivity contribution in [3.8, 4) is 11.6 Å². The van der Waals surface area contributed by atoms with Crippen LogP contribution < -0.4 is 10.5 Å². The molecule has 4 nitrogen and oxygen atoms in total. The van der Waals surface area contributed by atoms with E-state index in [1.807, 2.05) is 25.1 Å². The molecular weight excluding hydrogens is 274 g/mol. The number of rotatable bonds is 2. The lowest BCUT2D eigenvalue weighted by molar-refractivity contribution is 0.464. The molecule has 3 rings (SSSR count). The zero-order valence-electron chi connectivity index (χ0n) is 10.8. The normalized spacial score (nSPS) is 10.7. The van der Waals surface area contributed by atoms with Crippen LogP contribution in [0.2, 0.25) is 5.02 Å². The minimum atomic E-state index is 0.479. The van der Waals surface area contributed by atoms with Crippen molar-refractivity contribution in [1.82, 2.24) is 9.97 Å². The van der Waals surface area contributed by atoms with Crippen molar-refractivity contribution in [2.45, 2.75) is 6.92 Å². The van der Waals surface area contributed by atoms with Gasteiger partial charge in [0.15, 0.2) is 0 Å². The lowest BCUT2D eigenvalue weighted by Crippen LogP contribution is -1.94.